The van der Waals surface area contributed by atoms with Gasteiger partial charge in [-0.15, -0.1) is 0 Å². The first-order valence-corrected chi connectivity index (χ1v) is 7.90. The summed E-state index contributed by atoms with van der Waals surface area (Å²) in [6, 6.07) is 6.79. The molecule has 2 nitrogen and oxygen atoms in total. The van der Waals surface area contributed by atoms with Crippen molar-refractivity contribution in [1.82, 2.24) is 5.32 Å². The molecule has 0 saturated heterocycles. The molecule has 0 spiro atoms. The van der Waals surface area contributed by atoms with Crippen molar-refractivity contribution in [2.75, 3.05) is 18.1 Å². The Morgan fingerprint density at radius 1 is 1.32 bits per heavy atom. The highest BCUT2D eigenvalue weighted by atomic mass is 32.2. The van der Waals surface area contributed by atoms with E-state index in [1.165, 1.54) is 12.1 Å². The number of benzene rings is 1. The monoisotopic (exact) mass is 281 g/mol. The molecule has 2 rings (SSSR count). The van der Waals surface area contributed by atoms with Crippen molar-refractivity contribution >= 4 is 22.7 Å². The number of thioether (sulfide) groups is 1. The van der Waals surface area contributed by atoms with E-state index in [2.05, 4.69) is 19.2 Å². The molecule has 19 heavy (non-hydrogen) atoms. The van der Waals surface area contributed by atoms with Gasteiger partial charge < -0.3 is 9.73 Å². The molecule has 4 heteroatoms. The molecule has 1 unspecified atom stereocenters. The molecule has 0 aliphatic carbocycles. The molecule has 1 atom stereocenters. The number of furan rings is 1. The third kappa shape index (κ3) is 3.74. The van der Waals surface area contributed by atoms with Crippen LogP contribution in [0.15, 0.2) is 28.7 Å². The van der Waals surface area contributed by atoms with Crippen LogP contribution in [0.25, 0.3) is 11.0 Å². The van der Waals surface area contributed by atoms with Crippen molar-refractivity contribution in [3.8, 4) is 0 Å². The van der Waals surface area contributed by atoms with Gasteiger partial charge in [0.05, 0.1) is 6.04 Å². The molecule has 0 bridgehead atoms. The van der Waals surface area contributed by atoms with E-state index < -0.39 is 0 Å². The van der Waals surface area contributed by atoms with E-state index in [0.29, 0.717) is 0 Å². The highest BCUT2D eigenvalue weighted by Crippen LogP contribution is 2.26. The number of halogens is 1. The first-order chi connectivity index (χ1) is 9.24. The molecule has 1 N–H and O–H groups in total. The van der Waals surface area contributed by atoms with Gasteiger partial charge in [-0.3, -0.25) is 0 Å². The average Bonchev–Trinajstić information content (AvgIpc) is 2.81. The fourth-order valence-corrected chi connectivity index (χ4v) is 2.76. The highest BCUT2D eigenvalue weighted by molar-refractivity contribution is 7.99. The number of fused-ring (bicyclic) bond motifs is 1. The van der Waals surface area contributed by atoms with Gasteiger partial charge in [0, 0.05) is 11.1 Å². The molecule has 0 aliphatic heterocycles. The standard InChI is InChI=1S/C15H20FNOS/c1-3-7-17-13(10-19-4-2)15-9-11-8-12(16)5-6-14(11)18-15/h5-6,8-9,13,17H,3-4,7,10H2,1-2H3. The van der Waals surface area contributed by atoms with Crippen molar-refractivity contribution in [3.05, 3.63) is 35.8 Å². The summed E-state index contributed by atoms with van der Waals surface area (Å²) in [7, 11) is 0. The van der Waals surface area contributed by atoms with Gasteiger partial charge in [-0.05, 0) is 43.0 Å². The molecular weight excluding hydrogens is 261 g/mol. The highest BCUT2D eigenvalue weighted by Gasteiger charge is 2.15. The Balaban J connectivity index is 2.21. The Hall–Kier alpha value is -1.00. The molecule has 0 saturated carbocycles. The normalized spacial score (nSPS) is 13.0. The van der Waals surface area contributed by atoms with Crippen LogP contribution in [0.2, 0.25) is 0 Å². The van der Waals surface area contributed by atoms with E-state index in [1.807, 2.05) is 17.8 Å². The summed E-state index contributed by atoms with van der Waals surface area (Å²) < 4.78 is 19.0. The van der Waals surface area contributed by atoms with Gasteiger partial charge in [0.1, 0.15) is 17.2 Å². The maximum absolute atomic E-state index is 13.2. The largest absolute Gasteiger partial charge is 0.459 e. The Bertz CT molecular complexity index is 518. The van der Waals surface area contributed by atoms with Crippen LogP contribution in [0.3, 0.4) is 0 Å². The zero-order valence-corrected chi connectivity index (χ0v) is 12.2. The van der Waals surface area contributed by atoms with Crippen LogP contribution in [0.5, 0.6) is 0 Å². The second kappa shape index (κ2) is 6.96. The van der Waals surface area contributed by atoms with Crippen LogP contribution in [-0.4, -0.2) is 18.1 Å². The summed E-state index contributed by atoms with van der Waals surface area (Å²) in [4.78, 5) is 0. The van der Waals surface area contributed by atoms with Crippen LogP contribution < -0.4 is 5.32 Å². The first kappa shape index (κ1) is 14.4. The summed E-state index contributed by atoms with van der Waals surface area (Å²) >= 11 is 1.88. The summed E-state index contributed by atoms with van der Waals surface area (Å²) in [6.45, 7) is 5.25. The maximum atomic E-state index is 13.2. The van der Waals surface area contributed by atoms with Crippen molar-refractivity contribution < 1.29 is 8.81 Å². The fourth-order valence-electron chi connectivity index (χ4n) is 2.00. The number of hydrogen-bond acceptors (Lipinski definition) is 3. The molecule has 1 aromatic carbocycles. The van der Waals surface area contributed by atoms with Crippen LogP contribution >= 0.6 is 11.8 Å². The van der Waals surface area contributed by atoms with Crippen molar-refractivity contribution in [2.24, 2.45) is 0 Å². The second-order valence-electron chi connectivity index (χ2n) is 4.50. The minimum atomic E-state index is -0.221. The molecule has 1 aromatic heterocycles. The van der Waals surface area contributed by atoms with E-state index in [-0.39, 0.29) is 11.9 Å². The lowest BCUT2D eigenvalue weighted by Crippen LogP contribution is -2.23. The minimum Gasteiger partial charge on any atom is -0.459 e. The lowest BCUT2D eigenvalue weighted by atomic mass is 10.2. The van der Waals surface area contributed by atoms with E-state index in [4.69, 9.17) is 4.42 Å². The van der Waals surface area contributed by atoms with Gasteiger partial charge in [-0.25, -0.2) is 4.39 Å². The lowest BCUT2D eigenvalue weighted by Gasteiger charge is -2.15. The molecule has 0 radical (unpaired) electrons. The minimum absolute atomic E-state index is 0.195. The molecule has 0 aliphatic rings. The third-order valence-corrected chi connectivity index (χ3v) is 3.95. The number of rotatable bonds is 7. The summed E-state index contributed by atoms with van der Waals surface area (Å²) in [6.07, 6.45) is 1.09. The average molecular weight is 281 g/mol. The summed E-state index contributed by atoms with van der Waals surface area (Å²) in [5.41, 5.74) is 0.751. The quantitative estimate of drug-likeness (QED) is 0.816. The molecular formula is C15H20FNOS. The zero-order valence-electron chi connectivity index (χ0n) is 11.4. The van der Waals surface area contributed by atoms with Gasteiger partial charge in [0.15, 0.2) is 0 Å². The third-order valence-electron chi connectivity index (χ3n) is 2.97. The second-order valence-corrected chi connectivity index (χ2v) is 5.82. The predicted octanol–water partition coefficient (Wildman–Crippen LogP) is 4.37. The van der Waals surface area contributed by atoms with Crippen molar-refractivity contribution in [1.29, 1.82) is 0 Å². The van der Waals surface area contributed by atoms with Gasteiger partial charge in [0.25, 0.3) is 0 Å². The van der Waals surface area contributed by atoms with Crippen LogP contribution in [0, 0.1) is 5.82 Å². The van der Waals surface area contributed by atoms with Crippen LogP contribution in [0.4, 0.5) is 4.39 Å². The molecule has 1 heterocycles. The van der Waals surface area contributed by atoms with Crippen molar-refractivity contribution in [3.63, 3.8) is 0 Å². The predicted molar refractivity (Wildman–Crippen MR) is 80.2 cm³/mol. The smallest absolute Gasteiger partial charge is 0.134 e. The zero-order chi connectivity index (χ0) is 13.7. The Kier molecular flexibility index (Phi) is 5.28. The SMILES string of the molecule is CCCNC(CSCC)c1cc2cc(F)ccc2o1. The molecule has 104 valence electrons. The lowest BCUT2D eigenvalue weighted by molar-refractivity contribution is 0.456. The van der Waals surface area contributed by atoms with Crippen molar-refractivity contribution in [2.45, 2.75) is 26.3 Å². The first-order valence-electron chi connectivity index (χ1n) is 6.74. The van der Waals surface area contributed by atoms with Gasteiger partial charge in [-0.2, -0.15) is 11.8 Å². The maximum Gasteiger partial charge on any atom is 0.134 e. The van der Waals surface area contributed by atoms with E-state index in [9.17, 15) is 4.39 Å². The topological polar surface area (TPSA) is 25.2 Å². The molecule has 0 amide bonds. The Morgan fingerprint density at radius 2 is 2.16 bits per heavy atom. The van der Waals surface area contributed by atoms with Crippen LogP contribution in [-0.2, 0) is 0 Å². The Labute approximate surface area is 117 Å². The van der Waals surface area contributed by atoms with Gasteiger partial charge >= 0.3 is 0 Å². The van der Waals surface area contributed by atoms with Crippen LogP contribution in [0.1, 0.15) is 32.1 Å². The summed E-state index contributed by atoms with van der Waals surface area (Å²) in [5.74, 6) is 2.73. The van der Waals surface area contributed by atoms with E-state index in [0.717, 1.165) is 41.2 Å². The summed E-state index contributed by atoms with van der Waals surface area (Å²) in [5, 5.41) is 4.32. The number of hydrogen-bond donors (Lipinski definition) is 1. The van der Waals surface area contributed by atoms with Gasteiger partial charge in [0.2, 0.25) is 0 Å². The number of nitrogens with one attached hydrogen (secondary N) is 1. The van der Waals surface area contributed by atoms with E-state index >= 15 is 0 Å². The molecule has 0 fully saturated rings. The van der Waals surface area contributed by atoms with E-state index in [1.54, 1.807) is 6.07 Å². The molecule has 2 aromatic rings. The van der Waals surface area contributed by atoms with Gasteiger partial charge in [-0.1, -0.05) is 13.8 Å². The Morgan fingerprint density at radius 3 is 2.89 bits per heavy atom. The fraction of sp³-hybridized carbons (Fsp3) is 0.467.